The van der Waals surface area contributed by atoms with E-state index in [2.05, 4.69) is 9.88 Å². The van der Waals surface area contributed by atoms with Gasteiger partial charge in [0.2, 0.25) is 0 Å². The van der Waals surface area contributed by atoms with Gasteiger partial charge in [0, 0.05) is 30.7 Å². The second-order valence-corrected chi connectivity index (χ2v) is 4.51. The highest BCUT2D eigenvalue weighted by Crippen LogP contribution is 2.17. The van der Waals surface area contributed by atoms with Crippen LogP contribution in [-0.2, 0) is 6.54 Å². The molecule has 1 aliphatic rings. The molecule has 0 amide bonds. The van der Waals surface area contributed by atoms with Gasteiger partial charge in [0.25, 0.3) is 0 Å². The van der Waals surface area contributed by atoms with Crippen molar-refractivity contribution in [2.45, 2.75) is 19.6 Å². The van der Waals surface area contributed by atoms with E-state index < -0.39 is 0 Å². The number of aromatic nitrogens is 1. The maximum Gasteiger partial charge on any atom is 0.0897 e. The first kappa shape index (κ1) is 8.16. The van der Waals surface area contributed by atoms with Gasteiger partial charge >= 0.3 is 0 Å². The van der Waals surface area contributed by atoms with Gasteiger partial charge in [-0.1, -0.05) is 0 Å². The molecule has 0 aliphatic carbocycles. The van der Waals surface area contributed by atoms with Gasteiger partial charge in [0.15, 0.2) is 0 Å². The topological polar surface area (TPSA) is 36.4 Å². The molecule has 0 bridgehead atoms. The van der Waals surface area contributed by atoms with Crippen LogP contribution in [0.2, 0.25) is 0 Å². The zero-order chi connectivity index (χ0) is 8.55. The van der Waals surface area contributed by atoms with Crippen LogP contribution in [0.1, 0.15) is 9.88 Å². The van der Waals surface area contributed by atoms with Crippen LogP contribution in [0.4, 0.5) is 0 Å². The number of nitrogens with zero attached hydrogens (tertiary/aromatic N) is 2. The lowest BCUT2D eigenvalue weighted by Gasteiger charge is -2.35. The molecule has 1 aromatic heterocycles. The number of aliphatic hydroxyl groups excluding tert-OH is 1. The molecule has 12 heavy (non-hydrogen) atoms. The van der Waals surface area contributed by atoms with Crippen molar-refractivity contribution in [1.82, 2.24) is 9.88 Å². The van der Waals surface area contributed by atoms with E-state index in [4.69, 9.17) is 5.11 Å². The highest BCUT2D eigenvalue weighted by molar-refractivity contribution is 7.11. The molecule has 0 spiro atoms. The van der Waals surface area contributed by atoms with E-state index in [0.29, 0.717) is 0 Å². The van der Waals surface area contributed by atoms with Crippen LogP contribution in [-0.4, -0.2) is 34.2 Å². The Kier molecular flexibility index (Phi) is 2.12. The number of likely N-dealkylation sites (tertiary alicyclic amines) is 1. The minimum Gasteiger partial charge on any atom is -0.390 e. The average molecular weight is 184 g/mol. The van der Waals surface area contributed by atoms with Gasteiger partial charge < -0.3 is 5.11 Å². The molecule has 2 rings (SSSR count). The van der Waals surface area contributed by atoms with Gasteiger partial charge in [-0.25, -0.2) is 4.98 Å². The van der Waals surface area contributed by atoms with Crippen molar-refractivity contribution < 1.29 is 5.11 Å². The van der Waals surface area contributed by atoms with Gasteiger partial charge in [-0.05, 0) is 6.92 Å². The molecule has 0 atom stereocenters. The Labute approximate surface area is 75.7 Å². The van der Waals surface area contributed by atoms with E-state index in [0.717, 1.165) is 24.6 Å². The van der Waals surface area contributed by atoms with Crippen LogP contribution in [0.25, 0.3) is 0 Å². The Morgan fingerprint density at radius 2 is 2.50 bits per heavy atom. The summed E-state index contributed by atoms with van der Waals surface area (Å²) in [4.78, 5) is 7.69. The minimum absolute atomic E-state index is 0.0981. The van der Waals surface area contributed by atoms with E-state index in [1.54, 1.807) is 11.3 Å². The van der Waals surface area contributed by atoms with Crippen LogP contribution >= 0.6 is 11.3 Å². The molecular formula is C8H12N2OS. The Balaban J connectivity index is 1.88. The molecule has 1 aromatic rings. The SMILES string of the molecule is Cc1ncc(CN2CC(O)C2)s1. The third-order valence-electron chi connectivity index (χ3n) is 1.99. The van der Waals surface area contributed by atoms with E-state index in [9.17, 15) is 0 Å². The molecule has 66 valence electrons. The van der Waals surface area contributed by atoms with Crippen molar-refractivity contribution in [2.24, 2.45) is 0 Å². The van der Waals surface area contributed by atoms with Crippen LogP contribution in [0.3, 0.4) is 0 Å². The van der Waals surface area contributed by atoms with Crippen LogP contribution < -0.4 is 0 Å². The summed E-state index contributed by atoms with van der Waals surface area (Å²) in [6.45, 7) is 4.59. The Bertz CT molecular complexity index is 268. The summed E-state index contributed by atoms with van der Waals surface area (Å²) < 4.78 is 0. The Morgan fingerprint density at radius 3 is 3.00 bits per heavy atom. The normalized spacial score (nSPS) is 19.5. The van der Waals surface area contributed by atoms with Crippen LogP contribution in [0, 0.1) is 6.92 Å². The smallest absolute Gasteiger partial charge is 0.0897 e. The zero-order valence-corrected chi connectivity index (χ0v) is 7.84. The average Bonchev–Trinajstić information content (AvgIpc) is 2.33. The number of aliphatic hydroxyl groups is 1. The fraction of sp³-hybridized carbons (Fsp3) is 0.625. The molecule has 0 saturated carbocycles. The molecule has 0 unspecified atom stereocenters. The molecule has 1 saturated heterocycles. The Morgan fingerprint density at radius 1 is 1.75 bits per heavy atom. The lowest BCUT2D eigenvalue weighted by Crippen LogP contribution is -2.49. The van der Waals surface area contributed by atoms with Crippen molar-refractivity contribution in [2.75, 3.05) is 13.1 Å². The fourth-order valence-electron chi connectivity index (χ4n) is 1.37. The summed E-state index contributed by atoms with van der Waals surface area (Å²) in [6.07, 6.45) is 1.82. The van der Waals surface area contributed by atoms with Gasteiger partial charge in [0.05, 0.1) is 11.1 Å². The molecule has 1 aliphatic heterocycles. The fourth-order valence-corrected chi connectivity index (χ4v) is 2.21. The molecule has 3 nitrogen and oxygen atoms in total. The number of thiazole rings is 1. The summed E-state index contributed by atoms with van der Waals surface area (Å²) in [7, 11) is 0. The van der Waals surface area contributed by atoms with Crippen molar-refractivity contribution in [1.29, 1.82) is 0 Å². The maximum absolute atomic E-state index is 9.05. The minimum atomic E-state index is -0.0981. The molecule has 1 N–H and O–H groups in total. The monoisotopic (exact) mass is 184 g/mol. The van der Waals surface area contributed by atoms with E-state index >= 15 is 0 Å². The first-order valence-electron chi connectivity index (χ1n) is 4.06. The quantitative estimate of drug-likeness (QED) is 0.732. The molecular weight excluding hydrogens is 172 g/mol. The van der Waals surface area contributed by atoms with Gasteiger partial charge in [-0.3, -0.25) is 4.90 Å². The summed E-state index contributed by atoms with van der Waals surface area (Å²) in [5, 5.41) is 10.2. The first-order chi connectivity index (χ1) is 5.74. The summed E-state index contributed by atoms with van der Waals surface area (Å²) >= 11 is 1.73. The largest absolute Gasteiger partial charge is 0.390 e. The van der Waals surface area contributed by atoms with Crippen molar-refractivity contribution in [3.05, 3.63) is 16.1 Å². The summed E-state index contributed by atoms with van der Waals surface area (Å²) in [6, 6.07) is 0. The molecule has 0 aromatic carbocycles. The van der Waals surface area contributed by atoms with Crippen LogP contribution in [0.5, 0.6) is 0 Å². The first-order valence-corrected chi connectivity index (χ1v) is 4.87. The lowest BCUT2D eigenvalue weighted by molar-refractivity contribution is -0.00232. The van der Waals surface area contributed by atoms with Crippen molar-refractivity contribution >= 4 is 11.3 Å². The number of rotatable bonds is 2. The van der Waals surface area contributed by atoms with Crippen molar-refractivity contribution in [3.63, 3.8) is 0 Å². The summed E-state index contributed by atoms with van der Waals surface area (Å²) in [5.74, 6) is 0. The number of hydrogen-bond donors (Lipinski definition) is 1. The van der Waals surface area contributed by atoms with Crippen LogP contribution in [0.15, 0.2) is 6.20 Å². The van der Waals surface area contributed by atoms with Gasteiger partial charge in [0.1, 0.15) is 0 Å². The second-order valence-electron chi connectivity index (χ2n) is 3.19. The van der Waals surface area contributed by atoms with E-state index in [1.807, 2.05) is 13.1 Å². The lowest BCUT2D eigenvalue weighted by atomic mass is 10.2. The third kappa shape index (κ3) is 1.65. The van der Waals surface area contributed by atoms with E-state index in [1.165, 1.54) is 4.88 Å². The van der Waals surface area contributed by atoms with Gasteiger partial charge in [-0.15, -0.1) is 11.3 Å². The maximum atomic E-state index is 9.05. The number of β-amino-alcohol motifs (C(OH)–C–C–N with tert-alkyl or cyclic N) is 1. The second kappa shape index (κ2) is 3.12. The molecule has 1 fully saturated rings. The Hall–Kier alpha value is -0.450. The standard InChI is InChI=1S/C8H12N2OS/c1-6-9-2-8(12-6)5-10-3-7(11)4-10/h2,7,11H,3-5H2,1H3. The molecule has 0 radical (unpaired) electrons. The highest BCUT2D eigenvalue weighted by atomic mass is 32.1. The molecule has 4 heteroatoms. The summed E-state index contributed by atoms with van der Waals surface area (Å²) in [5.41, 5.74) is 0. The predicted octanol–water partition coefficient (Wildman–Crippen LogP) is 0.628. The number of hydrogen-bond acceptors (Lipinski definition) is 4. The zero-order valence-electron chi connectivity index (χ0n) is 7.03. The third-order valence-corrected chi connectivity index (χ3v) is 2.88. The highest BCUT2D eigenvalue weighted by Gasteiger charge is 2.24. The van der Waals surface area contributed by atoms with Crippen molar-refractivity contribution in [3.8, 4) is 0 Å². The molecule has 2 heterocycles. The van der Waals surface area contributed by atoms with E-state index in [-0.39, 0.29) is 6.10 Å². The van der Waals surface area contributed by atoms with Gasteiger partial charge in [-0.2, -0.15) is 0 Å². The predicted molar refractivity (Wildman–Crippen MR) is 48.1 cm³/mol. The number of aryl methyl sites for hydroxylation is 1.